The second kappa shape index (κ2) is 5.65. The maximum atomic E-state index is 11.5. The van der Waals surface area contributed by atoms with Crippen LogP contribution in [0.1, 0.15) is 17.3 Å². The van der Waals surface area contributed by atoms with Gasteiger partial charge < -0.3 is 10.1 Å². The average Bonchev–Trinajstić information content (AvgIpc) is 2.27. The van der Waals surface area contributed by atoms with E-state index in [-0.39, 0.29) is 17.0 Å². The molecule has 0 aliphatic carbocycles. The van der Waals surface area contributed by atoms with Gasteiger partial charge in [0.25, 0.3) is 0 Å². The fourth-order valence-corrected chi connectivity index (χ4v) is 1.58. The summed E-state index contributed by atoms with van der Waals surface area (Å²) in [4.78, 5) is 22.4. The van der Waals surface area contributed by atoms with Gasteiger partial charge in [0.1, 0.15) is 5.75 Å². The zero-order valence-corrected chi connectivity index (χ0v) is 10.6. The summed E-state index contributed by atoms with van der Waals surface area (Å²) < 4.78 is 5.10. The Morgan fingerprint density at radius 1 is 1.44 bits per heavy atom. The standard InChI is InChI=1S/C11H12BrNO3/c1-7(14)13-8-3-4-9(10(15)6-12)11(5-8)16-2/h3-5H,6H2,1-2H3,(H,13,14). The summed E-state index contributed by atoms with van der Waals surface area (Å²) in [5, 5.41) is 2.86. The molecule has 0 aromatic heterocycles. The number of ether oxygens (including phenoxy) is 1. The minimum atomic E-state index is -0.165. The van der Waals surface area contributed by atoms with Crippen molar-refractivity contribution in [2.45, 2.75) is 6.92 Å². The first kappa shape index (κ1) is 12.7. The zero-order valence-electron chi connectivity index (χ0n) is 9.04. The van der Waals surface area contributed by atoms with Crippen LogP contribution in [0.25, 0.3) is 0 Å². The predicted molar refractivity (Wildman–Crippen MR) is 65.4 cm³/mol. The highest BCUT2D eigenvalue weighted by atomic mass is 79.9. The van der Waals surface area contributed by atoms with Gasteiger partial charge in [0.05, 0.1) is 18.0 Å². The fraction of sp³-hybridized carbons (Fsp3) is 0.273. The molecule has 0 aliphatic heterocycles. The van der Waals surface area contributed by atoms with Crippen molar-refractivity contribution in [3.05, 3.63) is 23.8 Å². The summed E-state index contributed by atoms with van der Waals surface area (Å²) >= 11 is 3.10. The Morgan fingerprint density at radius 2 is 2.12 bits per heavy atom. The van der Waals surface area contributed by atoms with Crippen molar-refractivity contribution in [3.8, 4) is 5.75 Å². The molecule has 0 saturated carbocycles. The minimum Gasteiger partial charge on any atom is -0.496 e. The Hall–Kier alpha value is -1.36. The molecule has 86 valence electrons. The van der Waals surface area contributed by atoms with E-state index in [1.54, 1.807) is 18.2 Å². The number of carbonyl (C=O) groups is 2. The molecular weight excluding hydrogens is 274 g/mol. The first-order valence-electron chi connectivity index (χ1n) is 4.63. The van der Waals surface area contributed by atoms with Crippen molar-refractivity contribution < 1.29 is 14.3 Å². The molecule has 4 nitrogen and oxygen atoms in total. The molecule has 0 unspecified atom stereocenters. The molecular formula is C11H12BrNO3. The number of nitrogens with one attached hydrogen (secondary N) is 1. The van der Waals surface area contributed by atoms with Crippen LogP contribution in [-0.4, -0.2) is 24.1 Å². The molecule has 0 atom stereocenters. The van der Waals surface area contributed by atoms with E-state index in [1.165, 1.54) is 14.0 Å². The number of anilines is 1. The van der Waals surface area contributed by atoms with Crippen LogP contribution in [-0.2, 0) is 4.79 Å². The summed E-state index contributed by atoms with van der Waals surface area (Å²) in [6.07, 6.45) is 0. The molecule has 1 aromatic carbocycles. The van der Waals surface area contributed by atoms with E-state index in [2.05, 4.69) is 21.2 Å². The number of hydrogen-bond acceptors (Lipinski definition) is 3. The van der Waals surface area contributed by atoms with E-state index >= 15 is 0 Å². The van der Waals surface area contributed by atoms with Crippen LogP contribution in [0.4, 0.5) is 5.69 Å². The third-order valence-electron chi connectivity index (χ3n) is 1.94. The first-order chi connectivity index (χ1) is 7.58. The summed E-state index contributed by atoms with van der Waals surface area (Å²) in [5.41, 5.74) is 1.10. The lowest BCUT2D eigenvalue weighted by Gasteiger charge is -2.09. The van der Waals surface area contributed by atoms with Gasteiger partial charge in [-0.2, -0.15) is 0 Å². The molecule has 0 spiro atoms. The van der Waals surface area contributed by atoms with Gasteiger partial charge in [-0.25, -0.2) is 0 Å². The van der Waals surface area contributed by atoms with Crippen LogP contribution in [0.5, 0.6) is 5.75 Å². The summed E-state index contributed by atoms with van der Waals surface area (Å²) in [7, 11) is 1.48. The average molecular weight is 286 g/mol. The molecule has 0 aliphatic rings. The van der Waals surface area contributed by atoms with E-state index in [1.807, 2.05) is 0 Å². The molecule has 1 rings (SSSR count). The predicted octanol–water partition coefficient (Wildman–Crippen LogP) is 2.23. The first-order valence-corrected chi connectivity index (χ1v) is 5.75. The van der Waals surface area contributed by atoms with Crippen LogP contribution >= 0.6 is 15.9 Å². The minimum absolute atomic E-state index is 0.0637. The third kappa shape index (κ3) is 3.06. The van der Waals surface area contributed by atoms with E-state index in [4.69, 9.17) is 4.74 Å². The summed E-state index contributed by atoms with van der Waals surface area (Å²) in [6.45, 7) is 1.42. The van der Waals surface area contributed by atoms with Gasteiger partial charge in [-0.1, -0.05) is 15.9 Å². The zero-order chi connectivity index (χ0) is 12.1. The maximum absolute atomic E-state index is 11.5. The smallest absolute Gasteiger partial charge is 0.221 e. The monoisotopic (exact) mass is 285 g/mol. The Morgan fingerprint density at radius 3 is 2.62 bits per heavy atom. The normalized spacial score (nSPS) is 9.69. The number of hydrogen-bond donors (Lipinski definition) is 1. The second-order valence-electron chi connectivity index (χ2n) is 3.15. The molecule has 0 bridgehead atoms. The lowest BCUT2D eigenvalue weighted by Crippen LogP contribution is -2.08. The molecule has 0 saturated heterocycles. The number of carbonyl (C=O) groups excluding carboxylic acids is 2. The molecule has 0 radical (unpaired) electrons. The number of methoxy groups -OCH3 is 1. The van der Waals surface area contributed by atoms with E-state index < -0.39 is 0 Å². The van der Waals surface area contributed by atoms with Crippen LogP contribution < -0.4 is 10.1 Å². The van der Waals surface area contributed by atoms with Crippen LogP contribution in [0, 0.1) is 0 Å². The van der Waals surface area contributed by atoms with Crippen LogP contribution in [0.15, 0.2) is 18.2 Å². The number of ketones is 1. The van der Waals surface area contributed by atoms with Gasteiger partial charge in [0, 0.05) is 18.7 Å². The highest BCUT2D eigenvalue weighted by Crippen LogP contribution is 2.24. The topological polar surface area (TPSA) is 55.4 Å². The number of halogens is 1. The van der Waals surface area contributed by atoms with Crippen molar-refractivity contribution in [2.75, 3.05) is 17.8 Å². The molecule has 0 fully saturated rings. The van der Waals surface area contributed by atoms with Gasteiger partial charge in [-0.3, -0.25) is 9.59 Å². The number of alkyl halides is 1. The maximum Gasteiger partial charge on any atom is 0.221 e. The largest absolute Gasteiger partial charge is 0.496 e. The Bertz CT molecular complexity index is 418. The fourth-order valence-electron chi connectivity index (χ4n) is 1.27. The van der Waals surface area contributed by atoms with Crippen molar-refractivity contribution >= 4 is 33.3 Å². The van der Waals surface area contributed by atoms with Crippen molar-refractivity contribution in [3.63, 3.8) is 0 Å². The molecule has 16 heavy (non-hydrogen) atoms. The van der Waals surface area contributed by atoms with Gasteiger partial charge in [-0.15, -0.1) is 0 Å². The number of amides is 1. The highest BCUT2D eigenvalue weighted by Gasteiger charge is 2.11. The lowest BCUT2D eigenvalue weighted by molar-refractivity contribution is -0.114. The van der Waals surface area contributed by atoms with Gasteiger partial charge in [-0.05, 0) is 12.1 Å². The van der Waals surface area contributed by atoms with Crippen molar-refractivity contribution in [1.82, 2.24) is 0 Å². The second-order valence-corrected chi connectivity index (χ2v) is 3.71. The number of rotatable bonds is 4. The number of benzene rings is 1. The molecule has 5 heteroatoms. The Labute approximate surface area is 102 Å². The highest BCUT2D eigenvalue weighted by molar-refractivity contribution is 9.09. The molecule has 0 heterocycles. The number of Topliss-reactive ketones (excluding diaryl/α,β-unsaturated/α-hetero) is 1. The van der Waals surface area contributed by atoms with E-state index in [9.17, 15) is 9.59 Å². The Balaban J connectivity index is 3.06. The lowest BCUT2D eigenvalue weighted by atomic mass is 10.1. The third-order valence-corrected chi connectivity index (χ3v) is 2.45. The van der Waals surface area contributed by atoms with Crippen molar-refractivity contribution in [1.29, 1.82) is 0 Å². The van der Waals surface area contributed by atoms with Gasteiger partial charge in [0.15, 0.2) is 5.78 Å². The summed E-state index contributed by atoms with van der Waals surface area (Å²) in [5.74, 6) is 0.226. The van der Waals surface area contributed by atoms with E-state index in [0.29, 0.717) is 17.0 Å². The van der Waals surface area contributed by atoms with Crippen LogP contribution in [0.3, 0.4) is 0 Å². The quantitative estimate of drug-likeness (QED) is 0.682. The Kier molecular flexibility index (Phi) is 4.49. The van der Waals surface area contributed by atoms with Gasteiger partial charge >= 0.3 is 0 Å². The SMILES string of the molecule is COc1cc(NC(C)=O)ccc1C(=O)CBr. The summed E-state index contributed by atoms with van der Waals surface area (Å²) in [6, 6.07) is 4.92. The molecule has 1 amide bonds. The van der Waals surface area contributed by atoms with Gasteiger partial charge in [0.2, 0.25) is 5.91 Å². The van der Waals surface area contributed by atoms with Crippen LogP contribution in [0.2, 0.25) is 0 Å². The van der Waals surface area contributed by atoms with E-state index in [0.717, 1.165) is 0 Å². The van der Waals surface area contributed by atoms with Crippen molar-refractivity contribution in [2.24, 2.45) is 0 Å². The molecule has 1 aromatic rings. The molecule has 1 N–H and O–H groups in total.